The topological polar surface area (TPSA) is 16.1 Å². The molecule has 0 fully saturated rings. The highest BCUT2D eigenvalue weighted by atomic mass is 15.1. The fourth-order valence-corrected chi connectivity index (χ4v) is 2.63. The molecule has 0 bridgehead atoms. The Labute approximate surface area is 131 Å². The van der Waals surface area contributed by atoms with Gasteiger partial charge in [-0.2, -0.15) is 0 Å². The van der Waals surface area contributed by atoms with E-state index in [4.69, 9.17) is 0 Å². The van der Waals surface area contributed by atoms with Gasteiger partial charge in [0.1, 0.15) is 0 Å². The van der Waals surface area contributed by atoms with Crippen molar-refractivity contribution >= 4 is 16.8 Å². The van der Waals surface area contributed by atoms with E-state index in [1.807, 2.05) is 24.5 Å². The molecule has 0 radical (unpaired) electrons. The molecule has 0 aliphatic heterocycles. The molecule has 0 N–H and O–H groups in total. The Kier molecular flexibility index (Phi) is 4.62. The number of fused-ring (bicyclic) bond motifs is 1. The molecule has 0 amide bonds. The third kappa shape index (κ3) is 3.60. The van der Waals surface area contributed by atoms with Gasteiger partial charge in [0.2, 0.25) is 0 Å². The van der Waals surface area contributed by atoms with Gasteiger partial charge in [0.15, 0.2) is 0 Å². The van der Waals surface area contributed by atoms with Crippen LogP contribution in [0.5, 0.6) is 0 Å². The van der Waals surface area contributed by atoms with Crippen LogP contribution in [0.15, 0.2) is 73.1 Å². The highest BCUT2D eigenvalue weighted by molar-refractivity contribution is 5.85. The number of hydrogen-bond acceptors (Lipinski definition) is 2. The van der Waals surface area contributed by atoms with Crippen molar-refractivity contribution in [2.24, 2.45) is 0 Å². The molecule has 2 aromatic carbocycles. The summed E-state index contributed by atoms with van der Waals surface area (Å²) < 4.78 is 0. The van der Waals surface area contributed by atoms with Crippen LogP contribution in [0.2, 0.25) is 0 Å². The Morgan fingerprint density at radius 3 is 2.59 bits per heavy atom. The first-order valence-corrected chi connectivity index (χ1v) is 7.55. The van der Waals surface area contributed by atoms with Crippen LogP contribution in [0.4, 0.5) is 0 Å². The second-order valence-electron chi connectivity index (χ2n) is 5.52. The van der Waals surface area contributed by atoms with Crippen molar-refractivity contribution in [2.75, 3.05) is 13.6 Å². The van der Waals surface area contributed by atoms with Crippen LogP contribution in [0.3, 0.4) is 0 Å². The van der Waals surface area contributed by atoms with E-state index in [0.29, 0.717) is 0 Å². The van der Waals surface area contributed by atoms with Crippen LogP contribution < -0.4 is 0 Å². The smallest absolute Gasteiger partial charge is 0.0273 e. The summed E-state index contributed by atoms with van der Waals surface area (Å²) in [6.07, 6.45) is 7.97. The van der Waals surface area contributed by atoms with E-state index in [-0.39, 0.29) is 0 Å². The van der Waals surface area contributed by atoms with E-state index >= 15 is 0 Å². The zero-order chi connectivity index (χ0) is 15.2. The summed E-state index contributed by atoms with van der Waals surface area (Å²) >= 11 is 0. The average molecular weight is 288 g/mol. The van der Waals surface area contributed by atoms with Gasteiger partial charge in [0, 0.05) is 25.5 Å². The highest BCUT2D eigenvalue weighted by Gasteiger charge is 2.03. The summed E-state index contributed by atoms with van der Waals surface area (Å²) in [4.78, 5) is 6.35. The van der Waals surface area contributed by atoms with Gasteiger partial charge in [-0.05, 0) is 41.1 Å². The van der Waals surface area contributed by atoms with Crippen molar-refractivity contribution in [3.8, 4) is 0 Å². The monoisotopic (exact) mass is 288 g/mol. The Balaban J connectivity index is 1.66. The quantitative estimate of drug-likeness (QED) is 0.692. The molecule has 3 rings (SSSR count). The minimum absolute atomic E-state index is 0.922. The number of pyridine rings is 1. The number of aromatic nitrogens is 1. The summed E-state index contributed by atoms with van der Waals surface area (Å²) in [5.74, 6) is 0. The molecule has 1 aromatic heterocycles. The van der Waals surface area contributed by atoms with E-state index in [1.54, 1.807) is 0 Å². The lowest BCUT2D eigenvalue weighted by Crippen LogP contribution is -2.17. The van der Waals surface area contributed by atoms with Crippen LogP contribution in [0, 0.1) is 0 Å². The first kappa shape index (κ1) is 14.5. The molecule has 0 spiro atoms. The molecular weight excluding hydrogens is 268 g/mol. The molecule has 0 saturated carbocycles. The van der Waals surface area contributed by atoms with E-state index in [9.17, 15) is 0 Å². The van der Waals surface area contributed by atoms with Gasteiger partial charge in [-0.1, -0.05) is 54.6 Å². The van der Waals surface area contributed by atoms with Crippen LogP contribution in [-0.2, 0) is 6.54 Å². The van der Waals surface area contributed by atoms with Crippen molar-refractivity contribution in [3.63, 3.8) is 0 Å². The molecule has 110 valence electrons. The largest absolute Gasteiger partial charge is 0.298 e. The maximum atomic E-state index is 4.03. The number of hydrogen-bond donors (Lipinski definition) is 0. The van der Waals surface area contributed by atoms with Gasteiger partial charge < -0.3 is 0 Å². The van der Waals surface area contributed by atoms with E-state index in [1.165, 1.54) is 21.9 Å². The maximum absolute atomic E-state index is 4.03. The number of likely N-dealkylation sites (N-methyl/N-ethyl adjacent to an activating group) is 1. The summed E-state index contributed by atoms with van der Waals surface area (Å²) in [5, 5.41) is 2.65. The van der Waals surface area contributed by atoms with Crippen molar-refractivity contribution in [1.82, 2.24) is 9.88 Å². The molecule has 0 saturated heterocycles. The van der Waals surface area contributed by atoms with E-state index < -0.39 is 0 Å². The van der Waals surface area contributed by atoms with Crippen molar-refractivity contribution in [2.45, 2.75) is 6.54 Å². The summed E-state index contributed by atoms with van der Waals surface area (Å²) in [5.41, 5.74) is 2.56. The first-order chi connectivity index (χ1) is 10.8. The highest BCUT2D eigenvalue weighted by Crippen LogP contribution is 2.19. The fourth-order valence-electron chi connectivity index (χ4n) is 2.63. The maximum Gasteiger partial charge on any atom is 0.0273 e. The van der Waals surface area contributed by atoms with Crippen LogP contribution in [-0.4, -0.2) is 23.5 Å². The first-order valence-electron chi connectivity index (χ1n) is 7.55. The Hall–Kier alpha value is -2.45. The molecule has 1 heterocycles. The molecule has 0 aliphatic carbocycles. The average Bonchev–Trinajstić information content (AvgIpc) is 2.56. The lowest BCUT2D eigenvalue weighted by molar-refractivity contribution is 0.365. The van der Waals surface area contributed by atoms with Crippen molar-refractivity contribution < 1.29 is 0 Å². The third-order valence-corrected chi connectivity index (χ3v) is 3.75. The zero-order valence-corrected chi connectivity index (χ0v) is 12.8. The van der Waals surface area contributed by atoms with Crippen LogP contribution in [0.25, 0.3) is 16.8 Å². The number of benzene rings is 2. The third-order valence-electron chi connectivity index (χ3n) is 3.75. The lowest BCUT2D eigenvalue weighted by atomic mass is 10.0. The molecule has 2 heteroatoms. The van der Waals surface area contributed by atoms with Crippen molar-refractivity contribution in [1.29, 1.82) is 0 Å². The SMILES string of the molecule is CN(C/C=C/c1ccncc1)Cc1cccc2ccccc12. The van der Waals surface area contributed by atoms with Gasteiger partial charge in [-0.3, -0.25) is 9.88 Å². The standard InChI is InChI=1S/C20H20N2/c1-22(15-5-6-17-11-13-21-14-12-17)16-19-9-4-8-18-7-2-3-10-20(18)19/h2-14H,15-16H2,1H3/b6-5+. The predicted molar refractivity (Wildman–Crippen MR) is 93.6 cm³/mol. The van der Waals surface area contributed by atoms with Crippen LogP contribution in [0.1, 0.15) is 11.1 Å². The molecule has 0 unspecified atom stereocenters. The number of rotatable bonds is 5. The van der Waals surface area contributed by atoms with Gasteiger partial charge in [-0.25, -0.2) is 0 Å². The summed E-state index contributed by atoms with van der Waals surface area (Å²) in [6, 6.07) is 19.1. The molecule has 0 aliphatic rings. The molecule has 3 aromatic rings. The predicted octanol–water partition coefficient (Wildman–Crippen LogP) is 4.38. The van der Waals surface area contributed by atoms with Gasteiger partial charge in [0.25, 0.3) is 0 Å². The van der Waals surface area contributed by atoms with E-state index in [0.717, 1.165) is 13.1 Å². The van der Waals surface area contributed by atoms with Gasteiger partial charge in [0.05, 0.1) is 0 Å². The van der Waals surface area contributed by atoms with Crippen molar-refractivity contribution in [3.05, 3.63) is 84.2 Å². The second-order valence-corrected chi connectivity index (χ2v) is 5.52. The molecule has 2 nitrogen and oxygen atoms in total. The summed E-state index contributed by atoms with van der Waals surface area (Å²) in [7, 11) is 2.15. The molecular formula is C20H20N2. The van der Waals surface area contributed by atoms with Crippen LogP contribution >= 0.6 is 0 Å². The normalized spacial score (nSPS) is 11.5. The van der Waals surface area contributed by atoms with Gasteiger partial charge in [-0.15, -0.1) is 0 Å². The molecule has 22 heavy (non-hydrogen) atoms. The van der Waals surface area contributed by atoms with Gasteiger partial charge >= 0.3 is 0 Å². The minimum Gasteiger partial charge on any atom is -0.298 e. The van der Waals surface area contributed by atoms with E-state index in [2.05, 4.69) is 71.5 Å². The fraction of sp³-hybridized carbons (Fsp3) is 0.150. The zero-order valence-electron chi connectivity index (χ0n) is 12.8. The Bertz CT molecular complexity index is 758. The lowest BCUT2D eigenvalue weighted by Gasteiger charge is -2.16. The Morgan fingerprint density at radius 1 is 0.955 bits per heavy atom. The summed E-state index contributed by atoms with van der Waals surface area (Å²) in [6.45, 7) is 1.87. The number of nitrogens with zero attached hydrogens (tertiary/aromatic N) is 2. The second kappa shape index (κ2) is 7.01. The molecule has 0 atom stereocenters. The Morgan fingerprint density at radius 2 is 1.73 bits per heavy atom. The minimum atomic E-state index is 0.922.